The van der Waals surface area contributed by atoms with Gasteiger partial charge >= 0.3 is 0 Å². The van der Waals surface area contributed by atoms with Crippen LogP contribution in [0.2, 0.25) is 0 Å². The summed E-state index contributed by atoms with van der Waals surface area (Å²) in [4.78, 5) is 46.8. The number of aromatic nitrogens is 1. The molecule has 1 atom stereocenters. The fourth-order valence-electron chi connectivity index (χ4n) is 4.25. The number of hydrogen-bond acceptors (Lipinski definition) is 6. The van der Waals surface area contributed by atoms with Crippen LogP contribution < -0.4 is 14.4 Å². The molecule has 0 radical (unpaired) electrons. The molecule has 190 valence electrons. The third kappa shape index (κ3) is 5.09. The lowest BCUT2D eigenvalue weighted by Gasteiger charge is -2.18. The molecule has 2 aliphatic rings. The standard InChI is InChI=1S/C27H25FN4O5/c1-30(2)25(33)16-31-15-17-3-6-19(13-22(17)26(31)34)32-12-11-23(27(32)35)36-21-9-10-24(29-14-21)37-20-7-4-18(28)5-8-20/h3-10,13-14,23H,11-12,15-16H2,1-2H3/t23-/m1/s1. The molecule has 2 aliphatic heterocycles. The number of nitrogens with zero attached hydrogens (tertiary/aromatic N) is 4. The summed E-state index contributed by atoms with van der Waals surface area (Å²) in [6, 6.07) is 14.2. The summed E-state index contributed by atoms with van der Waals surface area (Å²) < 4.78 is 24.5. The summed E-state index contributed by atoms with van der Waals surface area (Å²) >= 11 is 0. The van der Waals surface area contributed by atoms with Gasteiger partial charge in [0.15, 0.2) is 6.10 Å². The Labute approximate surface area is 213 Å². The normalized spacial score (nSPS) is 16.7. The molecule has 5 rings (SSSR count). The van der Waals surface area contributed by atoms with E-state index in [2.05, 4.69) is 4.98 Å². The lowest BCUT2D eigenvalue weighted by molar-refractivity contribution is -0.129. The zero-order valence-corrected chi connectivity index (χ0v) is 20.4. The molecule has 10 heteroatoms. The van der Waals surface area contributed by atoms with Gasteiger partial charge in [0.1, 0.15) is 23.9 Å². The van der Waals surface area contributed by atoms with Crippen LogP contribution in [-0.4, -0.2) is 65.8 Å². The first kappa shape index (κ1) is 24.2. The summed E-state index contributed by atoms with van der Waals surface area (Å²) in [6.45, 7) is 0.816. The van der Waals surface area contributed by atoms with Gasteiger partial charge in [0.25, 0.3) is 11.8 Å². The highest BCUT2D eigenvalue weighted by Crippen LogP contribution is 2.31. The Morgan fingerprint density at radius 2 is 1.84 bits per heavy atom. The molecule has 1 aromatic heterocycles. The van der Waals surface area contributed by atoms with E-state index in [1.165, 1.54) is 40.3 Å². The van der Waals surface area contributed by atoms with Gasteiger partial charge in [-0.3, -0.25) is 14.4 Å². The highest BCUT2D eigenvalue weighted by Gasteiger charge is 2.36. The Balaban J connectivity index is 1.22. The minimum Gasteiger partial charge on any atom is -0.479 e. The number of carbonyl (C=O) groups is 3. The molecule has 0 unspecified atom stereocenters. The largest absolute Gasteiger partial charge is 0.479 e. The maximum absolute atomic E-state index is 13.1. The van der Waals surface area contributed by atoms with E-state index in [1.807, 2.05) is 12.1 Å². The molecule has 0 spiro atoms. The number of pyridine rings is 1. The number of ether oxygens (including phenoxy) is 2. The molecule has 2 aromatic carbocycles. The van der Waals surface area contributed by atoms with Crippen LogP contribution in [0.3, 0.4) is 0 Å². The summed E-state index contributed by atoms with van der Waals surface area (Å²) in [5, 5.41) is 0. The number of amides is 3. The first-order valence-electron chi connectivity index (χ1n) is 11.8. The zero-order chi connectivity index (χ0) is 26.1. The number of likely N-dealkylation sites (N-methyl/N-ethyl adjacent to an activating group) is 1. The van der Waals surface area contributed by atoms with Crippen LogP contribution in [0.1, 0.15) is 22.3 Å². The molecule has 37 heavy (non-hydrogen) atoms. The van der Waals surface area contributed by atoms with Crippen molar-refractivity contribution in [3.63, 3.8) is 0 Å². The van der Waals surface area contributed by atoms with Crippen molar-refractivity contribution in [3.8, 4) is 17.4 Å². The topological polar surface area (TPSA) is 92.3 Å². The number of rotatable bonds is 7. The van der Waals surface area contributed by atoms with E-state index in [4.69, 9.17) is 9.47 Å². The second kappa shape index (κ2) is 9.88. The fourth-order valence-corrected chi connectivity index (χ4v) is 4.25. The van der Waals surface area contributed by atoms with E-state index in [0.29, 0.717) is 48.1 Å². The third-order valence-corrected chi connectivity index (χ3v) is 6.29. The number of hydrogen-bond donors (Lipinski definition) is 0. The van der Waals surface area contributed by atoms with Crippen molar-refractivity contribution in [2.45, 2.75) is 19.1 Å². The third-order valence-electron chi connectivity index (χ3n) is 6.29. The van der Waals surface area contributed by atoms with Crippen molar-refractivity contribution >= 4 is 23.4 Å². The summed E-state index contributed by atoms with van der Waals surface area (Å²) in [7, 11) is 3.30. The number of halogens is 1. The molecular formula is C27H25FN4O5. The van der Waals surface area contributed by atoms with E-state index < -0.39 is 6.10 Å². The molecule has 1 fully saturated rings. The molecule has 0 bridgehead atoms. The van der Waals surface area contributed by atoms with Crippen molar-refractivity contribution < 1.29 is 28.2 Å². The van der Waals surface area contributed by atoms with E-state index in [9.17, 15) is 18.8 Å². The number of benzene rings is 2. The van der Waals surface area contributed by atoms with Crippen LogP contribution in [0.25, 0.3) is 0 Å². The molecule has 1 saturated heterocycles. The monoisotopic (exact) mass is 504 g/mol. The van der Waals surface area contributed by atoms with Crippen molar-refractivity contribution in [3.05, 3.63) is 77.7 Å². The smallest absolute Gasteiger partial charge is 0.268 e. The lowest BCUT2D eigenvalue weighted by atomic mass is 10.1. The Kier molecular flexibility index (Phi) is 6.47. The van der Waals surface area contributed by atoms with Gasteiger partial charge in [-0.2, -0.15) is 0 Å². The number of carbonyl (C=O) groups excluding carboxylic acids is 3. The van der Waals surface area contributed by atoms with Gasteiger partial charge in [0, 0.05) is 50.9 Å². The van der Waals surface area contributed by atoms with E-state index in [-0.39, 0.29) is 30.1 Å². The maximum Gasteiger partial charge on any atom is 0.268 e. The highest BCUT2D eigenvalue weighted by atomic mass is 19.1. The van der Waals surface area contributed by atoms with Crippen LogP contribution in [0.5, 0.6) is 17.4 Å². The molecule has 0 aliphatic carbocycles. The molecule has 0 saturated carbocycles. The minimum absolute atomic E-state index is 0.0101. The van der Waals surface area contributed by atoms with E-state index >= 15 is 0 Å². The molecule has 9 nitrogen and oxygen atoms in total. The molecule has 3 aromatic rings. The predicted octanol–water partition coefficient (Wildman–Crippen LogP) is 3.24. The van der Waals surface area contributed by atoms with Crippen molar-refractivity contribution in [2.75, 3.05) is 32.1 Å². The second-order valence-electron chi connectivity index (χ2n) is 9.06. The molecule has 3 amide bonds. The van der Waals surface area contributed by atoms with Gasteiger partial charge in [-0.05, 0) is 48.0 Å². The molecular weight excluding hydrogens is 479 g/mol. The van der Waals surface area contributed by atoms with Gasteiger partial charge in [-0.25, -0.2) is 9.37 Å². The Hall–Kier alpha value is -4.47. The number of anilines is 1. The first-order chi connectivity index (χ1) is 17.8. The molecule has 3 heterocycles. The lowest BCUT2D eigenvalue weighted by Crippen LogP contribution is -2.36. The van der Waals surface area contributed by atoms with Crippen LogP contribution in [0.4, 0.5) is 10.1 Å². The van der Waals surface area contributed by atoms with Gasteiger partial charge < -0.3 is 24.2 Å². The summed E-state index contributed by atoms with van der Waals surface area (Å²) in [6.07, 6.45) is 1.25. The van der Waals surface area contributed by atoms with Gasteiger partial charge in [-0.1, -0.05) is 6.07 Å². The SMILES string of the molecule is CN(C)C(=O)CN1Cc2ccc(N3CC[C@@H](Oc4ccc(Oc5ccc(F)cc5)nc4)C3=O)cc2C1=O. The Morgan fingerprint density at radius 1 is 1.08 bits per heavy atom. The predicted molar refractivity (Wildman–Crippen MR) is 132 cm³/mol. The minimum atomic E-state index is -0.691. The average molecular weight is 505 g/mol. The van der Waals surface area contributed by atoms with Crippen LogP contribution in [-0.2, 0) is 16.1 Å². The van der Waals surface area contributed by atoms with Gasteiger partial charge in [0.2, 0.25) is 11.8 Å². The maximum atomic E-state index is 13.1. The van der Waals surface area contributed by atoms with E-state index in [1.54, 1.807) is 37.2 Å². The average Bonchev–Trinajstić information content (AvgIpc) is 3.40. The Morgan fingerprint density at radius 3 is 2.54 bits per heavy atom. The van der Waals surface area contributed by atoms with Crippen LogP contribution >= 0.6 is 0 Å². The van der Waals surface area contributed by atoms with Crippen molar-refractivity contribution in [1.29, 1.82) is 0 Å². The van der Waals surface area contributed by atoms with Gasteiger partial charge in [0.05, 0.1) is 6.20 Å². The first-order valence-corrected chi connectivity index (χ1v) is 11.8. The van der Waals surface area contributed by atoms with Crippen LogP contribution in [0, 0.1) is 5.82 Å². The Bertz CT molecular complexity index is 1340. The summed E-state index contributed by atoms with van der Waals surface area (Å²) in [5.74, 6) is 0.228. The van der Waals surface area contributed by atoms with Crippen molar-refractivity contribution in [2.24, 2.45) is 0 Å². The van der Waals surface area contributed by atoms with Crippen LogP contribution in [0.15, 0.2) is 60.8 Å². The van der Waals surface area contributed by atoms with Gasteiger partial charge in [-0.15, -0.1) is 0 Å². The summed E-state index contributed by atoms with van der Waals surface area (Å²) in [5.41, 5.74) is 1.95. The van der Waals surface area contributed by atoms with Crippen molar-refractivity contribution in [1.82, 2.24) is 14.8 Å². The highest BCUT2D eigenvalue weighted by molar-refractivity contribution is 6.03. The fraction of sp³-hybridized carbons (Fsp3) is 0.259. The second-order valence-corrected chi connectivity index (χ2v) is 9.06. The van der Waals surface area contributed by atoms with E-state index in [0.717, 1.165) is 5.56 Å². The number of fused-ring (bicyclic) bond motifs is 1. The quantitative estimate of drug-likeness (QED) is 0.491. The zero-order valence-electron chi connectivity index (χ0n) is 20.4. The molecule has 0 N–H and O–H groups in total.